The van der Waals surface area contributed by atoms with Crippen molar-refractivity contribution in [3.05, 3.63) is 29.3 Å². The van der Waals surface area contributed by atoms with Gasteiger partial charge in [-0.2, -0.15) is 0 Å². The summed E-state index contributed by atoms with van der Waals surface area (Å²) in [5, 5.41) is 8.77. The summed E-state index contributed by atoms with van der Waals surface area (Å²) in [5.74, 6) is -1.30. The molecular formula is C25H38N4O6. The van der Waals surface area contributed by atoms with Crippen LogP contribution in [-0.4, -0.2) is 88.6 Å². The second-order valence-corrected chi connectivity index (χ2v) is 8.29. The van der Waals surface area contributed by atoms with Crippen LogP contribution < -0.4 is 16.0 Å². The van der Waals surface area contributed by atoms with E-state index in [1.54, 1.807) is 18.2 Å². The summed E-state index contributed by atoms with van der Waals surface area (Å²) < 4.78 is 11.2. The van der Waals surface area contributed by atoms with Crippen molar-refractivity contribution in [2.75, 3.05) is 58.9 Å². The van der Waals surface area contributed by atoms with Crippen LogP contribution in [0.2, 0.25) is 0 Å². The number of unbranched alkanes of at least 4 members (excludes halogenated alkanes) is 1. The molecule has 3 amide bonds. The number of imide groups is 1. The van der Waals surface area contributed by atoms with E-state index in [1.807, 2.05) is 7.05 Å². The highest BCUT2D eigenvalue weighted by molar-refractivity contribution is 6.24. The van der Waals surface area contributed by atoms with Gasteiger partial charge >= 0.3 is 0 Å². The molecule has 3 N–H and O–H groups in total. The summed E-state index contributed by atoms with van der Waals surface area (Å²) in [6.07, 6.45) is 4.32. The lowest BCUT2D eigenvalue weighted by Gasteiger charge is -2.21. The molecule has 35 heavy (non-hydrogen) atoms. The number of nitrogens with one attached hydrogen (secondary N) is 3. The normalized spacial score (nSPS) is 13.6. The molecule has 0 spiro atoms. The molecule has 1 atom stereocenters. The molecule has 194 valence electrons. The zero-order valence-electron chi connectivity index (χ0n) is 20.8. The topological polar surface area (TPSA) is 126 Å². The number of hydrogen-bond acceptors (Lipinski definition) is 8. The predicted octanol–water partition coefficient (Wildman–Crippen LogP) is 1.60. The highest BCUT2D eigenvalue weighted by atomic mass is 16.5. The van der Waals surface area contributed by atoms with E-state index in [4.69, 9.17) is 9.47 Å². The molecule has 1 aromatic rings. The van der Waals surface area contributed by atoms with Crippen molar-refractivity contribution in [2.24, 2.45) is 0 Å². The van der Waals surface area contributed by atoms with Gasteiger partial charge in [-0.05, 0) is 57.8 Å². The monoisotopic (exact) mass is 490 g/mol. The van der Waals surface area contributed by atoms with Crippen molar-refractivity contribution < 1.29 is 28.7 Å². The van der Waals surface area contributed by atoms with E-state index in [2.05, 4.69) is 16.0 Å². The van der Waals surface area contributed by atoms with Crippen LogP contribution in [0, 0.1) is 0 Å². The zero-order valence-corrected chi connectivity index (χ0v) is 20.8. The Morgan fingerprint density at radius 2 is 1.63 bits per heavy atom. The quantitative estimate of drug-likeness (QED) is 0.152. The Morgan fingerprint density at radius 1 is 0.971 bits per heavy atom. The van der Waals surface area contributed by atoms with E-state index in [0.29, 0.717) is 31.7 Å². The lowest BCUT2D eigenvalue weighted by Crippen LogP contribution is -2.41. The number of hydrogen-bond donors (Lipinski definition) is 3. The highest BCUT2D eigenvalue weighted by Crippen LogP contribution is 2.31. The SMILES string of the molecule is CNCCCOCCCCOCCCNc1cccc2c1C(=O)N(C(C=O)CCC(=O)NC)C2=O. The molecule has 0 fully saturated rings. The van der Waals surface area contributed by atoms with E-state index in [-0.39, 0.29) is 29.9 Å². The Kier molecular flexibility index (Phi) is 13.0. The van der Waals surface area contributed by atoms with E-state index >= 15 is 0 Å². The van der Waals surface area contributed by atoms with E-state index in [0.717, 1.165) is 50.3 Å². The number of aldehydes is 1. The lowest BCUT2D eigenvalue weighted by molar-refractivity contribution is -0.121. The number of amides is 3. The third-order valence-corrected chi connectivity index (χ3v) is 5.70. The Morgan fingerprint density at radius 3 is 2.26 bits per heavy atom. The van der Waals surface area contributed by atoms with Crippen LogP contribution in [0.15, 0.2) is 18.2 Å². The zero-order chi connectivity index (χ0) is 25.5. The number of anilines is 1. The Labute approximate surface area is 207 Å². The molecule has 0 aromatic heterocycles. The first-order valence-corrected chi connectivity index (χ1v) is 12.3. The van der Waals surface area contributed by atoms with Gasteiger partial charge in [-0.25, -0.2) is 0 Å². The van der Waals surface area contributed by atoms with Gasteiger partial charge in [0.2, 0.25) is 5.91 Å². The Bertz CT molecular complexity index is 847. The van der Waals surface area contributed by atoms with E-state index < -0.39 is 17.9 Å². The maximum absolute atomic E-state index is 13.0. The van der Waals surface area contributed by atoms with Gasteiger partial charge in [-0.15, -0.1) is 0 Å². The predicted molar refractivity (Wildman–Crippen MR) is 133 cm³/mol. The average molecular weight is 491 g/mol. The van der Waals surface area contributed by atoms with Crippen molar-refractivity contribution in [1.82, 2.24) is 15.5 Å². The van der Waals surface area contributed by atoms with Crippen molar-refractivity contribution >= 4 is 29.7 Å². The van der Waals surface area contributed by atoms with Crippen LogP contribution in [0.5, 0.6) is 0 Å². The van der Waals surface area contributed by atoms with Crippen LogP contribution in [0.4, 0.5) is 5.69 Å². The second kappa shape index (κ2) is 16.0. The fourth-order valence-corrected chi connectivity index (χ4v) is 3.77. The summed E-state index contributed by atoms with van der Waals surface area (Å²) in [4.78, 5) is 50.0. The van der Waals surface area contributed by atoms with Crippen molar-refractivity contribution in [3.63, 3.8) is 0 Å². The van der Waals surface area contributed by atoms with Crippen LogP contribution in [0.3, 0.4) is 0 Å². The smallest absolute Gasteiger partial charge is 0.264 e. The standard InChI is InChI=1S/C25H38N4O6/c1-26-12-6-16-34-14-3-4-15-35-17-7-13-28-21-9-5-8-20-23(21)25(33)29(24(20)32)19(18-30)10-11-22(31)27-2/h5,8-9,18-19,26,28H,3-4,6-7,10-17H2,1-2H3,(H,27,31). The largest absolute Gasteiger partial charge is 0.384 e. The first kappa shape index (κ1) is 28.4. The van der Waals surface area contributed by atoms with Crippen molar-refractivity contribution in [1.29, 1.82) is 0 Å². The number of benzene rings is 1. The molecule has 1 aliphatic heterocycles. The fourth-order valence-electron chi connectivity index (χ4n) is 3.77. The third-order valence-electron chi connectivity index (χ3n) is 5.70. The average Bonchev–Trinajstić information content (AvgIpc) is 3.13. The van der Waals surface area contributed by atoms with Gasteiger partial charge in [0.25, 0.3) is 11.8 Å². The minimum atomic E-state index is -0.986. The highest BCUT2D eigenvalue weighted by Gasteiger charge is 2.41. The minimum Gasteiger partial charge on any atom is -0.384 e. The number of nitrogens with zero attached hydrogens (tertiary/aromatic N) is 1. The van der Waals surface area contributed by atoms with Crippen LogP contribution >= 0.6 is 0 Å². The summed E-state index contributed by atoms with van der Waals surface area (Å²) in [5.41, 5.74) is 1.07. The third kappa shape index (κ3) is 8.72. The maximum Gasteiger partial charge on any atom is 0.264 e. The molecule has 0 bridgehead atoms. The molecule has 1 heterocycles. The molecule has 1 aliphatic rings. The Balaban J connectivity index is 1.75. The molecule has 0 saturated heterocycles. The molecule has 10 heteroatoms. The van der Waals surface area contributed by atoms with Gasteiger partial charge in [-0.1, -0.05) is 6.07 Å². The van der Waals surface area contributed by atoms with Gasteiger partial charge in [0.05, 0.1) is 17.2 Å². The molecule has 0 aliphatic carbocycles. The Hall–Kier alpha value is -2.82. The summed E-state index contributed by atoms with van der Waals surface area (Å²) in [6.45, 7) is 4.30. The first-order valence-electron chi connectivity index (χ1n) is 12.3. The maximum atomic E-state index is 13.0. The van der Waals surface area contributed by atoms with Gasteiger partial charge in [-0.3, -0.25) is 19.3 Å². The molecule has 1 unspecified atom stereocenters. The summed E-state index contributed by atoms with van der Waals surface area (Å²) in [7, 11) is 3.42. The fraction of sp³-hybridized carbons (Fsp3) is 0.600. The number of carbonyl (C=O) groups excluding carboxylic acids is 4. The summed E-state index contributed by atoms with van der Waals surface area (Å²) in [6, 6.07) is 4.04. The van der Waals surface area contributed by atoms with E-state index in [1.165, 1.54) is 7.05 Å². The molecule has 1 aromatic carbocycles. The molecule has 2 rings (SSSR count). The van der Waals surface area contributed by atoms with Crippen LogP contribution in [-0.2, 0) is 19.1 Å². The van der Waals surface area contributed by atoms with Gasteiger partial charge in [0, 0.05) is 52.1 Å². The molecular weight excluding hydrogens is 452 g/mol. The second-order valence-electron chi connectivity index (χ2n) is 8.29. The number of ether oxygens (including phenoxy) is 2. The number of carbonyl (C=O) groups is 4. The van der Waals surface area contributed by atoms with Crippen LogP contribution in [0.25, 0.3) is 0 Å². The number of fused-ring (bicyclic) bond motifs is 1. The van der Waals surface area contributed by atoms with Gasteiger partial charge < -0.3 is 30.2 Å². The lowest BCUT2D eigenvalue weighted by atomic mass is 10.1. The van der Waals surface area contributed by atoms with Crippen molar-refractivity contribution in [2.45, 2.75) is 44.6 Å². The molecule has 0 saturated carbocycles. The van der Waals surface area contributed by atoms with Gasteiger partial charge in [0.15, 0.2) is 0 Å². The van der Waals surface area contributed by atoms with Crippen LogP contribution in [0.1, 0.15) is 59.2 Å². The van der Waals surface area contributed by atoms with Crippen molar-refractivity contribution in [3.8, 4) is 0 Å². The minimum absolute atomic E-state index is 0.0438. The van der Waals surface area contributed by atoms with E-state index in [9.17, 15) is 19.2 Å². The molecule has 0 radical (unpaired) electrons. The van der Waals surface area contributed by atoms with Gasteiger partial charge in [0.1, 0.15) is 6.29 Å². The summed E-state index contributed by atoms with van der Waals surface area (Å²) >= 11 is 0. The molecule has 10 nitrogen and oxygen atoms in total. The first-order chi connectivity index (χ1) is 17.0. The number of rotatable bonds is 19.